The smallest absolute Gasteiger partial charge is 0.261 e. The van der Waals surface area contributed by atoms with Crippen LogP contribution in [0, 0.1) is 0 Å². The van der Waals surface area contributed by atoms with E-state index in [-0.39, 0.29) is 33.1 Å². The topological polar surface area (TPSA) is 75.3 Å². The highest BCUT2D eigenvalue weighted by Crippen LogP contribution is 2.24. The highest BCUT2D eigenvalue weighted by molar-refractivity contribution is 7.92. The van der Waals surface area contributed by atoms with Crippen molar-refractivity contribution < 1.29 is 13.2 Å². The van der Waals surface area contributed by atoms with Crippen molar-refractivity contribution in [1.29, 1.82) is 0 Å². The minimum atomic E-state index is -3.80. The van der Waals surface area contributed by atoms with Gasteiger partial charge in [0, 0.05) is 16.8 Å². The Bertz CT molecular complexity index is 880. The summed E-state index contributed by atoms with van der Waals surface area (Å²) in [5.74, 6) is -0.337. The molecule has 2 N–H and O–H groups in total. The van der Waals surface area contributed by atoms with Gasteiger partial charge in [-0.25, -0.2) is 8.42 Å². The van der Waals surface area contributed by atoms with Gasteiger partial charge >= 0.3 is 0 Å². The van der Waals surface area contributed by atoms with Crippen LogP contribution in [0.3, 0.4) is 0 Å². The Morgan fingerprint density at radius 3 is 2.23 bits per heavy atom. The Labute approximate surface area is 163 Å². The second-order valence-electron chi connectivity index (χ2n) is 5.74. The van der Waals surface area contributed by atoms with Crippen molar-refractivity contribution in [3.05, 3.63) is 58.1 Å². The molecule has 8 heteroatoms. The molecule has 0 saturated carbocycles. The second kappa shape index (κ2) is 8.75. The number of sulfonamides is 1. The lowest BCUT2D eigenvalue weighted by molar-refractivity contribution is 0.0935. The van der Waals surface area contributed by atoms with Crippen molar-refractivity contribution in [2.45, 2.75) is 37.6 Å². The standard InChI is InChI=1S/C18H20Cl2N2O3S/c1-3-13(4-2)21-18(23)16-11-14(7-10-17(16)20)22-26(24,25)15-8-5-12(19)6-9-15/h5-11,13,22H,3-4H2,1-2H3,(H,21,23). The molecule has 0 radical (unpaired) electrons. The van der Waals surface area contributed by atoms with Crippen molar-refractivity contribution in [1.82, 2.24) is 5.32 Å². The average molecular weight is 415 g/mol. The molecule has 0 aliphatic rings. The molecule has 0 spiro atoms. The van der Waals surface area contributed by atoms with Crippen LogP contribution in [0.1, 0.15) is 37.0 Å². The van der Waals surface area contributed by atoms with E-state index in [0.717, 1.165) is 12.8 Å². The zero-order valence-corrected chi connectivity index (χ0v) is 16.8. The van der Waals surface area contributed by atoms with Crippen LogP contribution in [-0.2, 0) is 10.0 Å². The summed E-state index contributed by atoms with van der Waals surface area (Å²) >= 11 is 11.9. The summed E-state index contributed by atoms with van der Waals surface area (Å²) in [5, 5.41) is 3.58. The molecule has 0 fully saturated rings. The third kappa shape index (κ3) is 5.13. The normalized spacial score (nSPS) is 11.4. The first-order valence-corrected chi connectivity index (χ1v) is 10.4. The molecule has 2 rings (SSSR count). The Hall–Kier alpha value is -1.76. The van der Waals surface area contributed by atoms with Crippen LogP contribution in [-0.4, -0.2) is 20.4 Å². The van der Waals surface area contributed by atoms with Gasteiger partial charge in [-0.3, -0.25) is 9.52 Å². The van der Waals surface area contributed by atoms with Crippen molar-refractivity contribution in [2.24, 2.45) is 0 Å². The molecule has 0 saturated heterocycles. The fourth-order valence-electron chi connectivity index (χ4n) is 2.35. The van der Waals surface area contributed by atoms with Gasteiger partial charge in [-0.05, 0) is 55.3 Å². The Morgan fingerprint density at radius 1 is 1.04 bits per heavy atom. The van der Waals surface area contributed by atoms with Gasteiger partial charge in [0.25, 0.3) is 15.9 Å². The number of benzene rings is 2. The second-order valence-corrected chi connectivity index (χ2v) is 8.27. The van der Waals surface area contributed by atoms with Gasteiger partial charge in [0.05, 0.1) is 15.5 Å². The van der Waals surface area contributed by atoms with E-state index in [1.54, 1.807) is 0 Å². The van der Waals surface area contributed by atoms with Crippen LogP contribution in [0.5, 0.6) is 0 Å². The molecule has 0 aromatic heterocycles. The van der Waals surface area contributed by atoms with E-state index in [2.05, 4.69) is 10.0 Å². The molecule has 2 aromatic carbocycles. The van der Waals surface area contributed by atoms with Gasteiger partial charge < -0.3 is 5.32 Å². The van der Waals surface area contributed by atoms with Crippen molar-refractivity contribution >= 4 is 44.8 Å². The lowest BCUT2D eigenvalue weighted by Crippen LogP contribution is -2.34. The quantitative estimate of drug-likeness (QED) is 0.688. The summed E-state index contributed by atoms with van der Waals surface area (Å²) in [6.07, 6.45) is 1.59. The number of nitrogens with one attached hydrogen (secondary N) is 2. The number of halogens is 2. The molecule has 0 aliphatic heterocycles. The first-order valence-electron chi connectivity index (χ1n) is 8.15. The Kier molecular flexibility index (Phi) is 6.92. The van der Waals surface area contributed by atoms with Crippen molar-refractivity contribution in [2.75, 3.05) is 4.72 Å². The number of hydrogen-bond donors (Lipinski definition) is 2. The predicted octanol–water partition coefficient (Wildman–Crippen LogP) is 4.71. The van der Waals surface area contributed by atoms with Gasteiger partial charge in [0.2, 0.25) is 0 Å². The van der Waals surface area contributed by atoms with Crippen LogP contribution in [0.2, 0.25) is 10.0 Å². The first-order chi connectivity index (χ1) is 12.3. The van der Waals surface area contributed by atoms with Crippen LogP contribution in [0.15, 0.2) is 47.4 Å². The molecule has 0 aliphatic carbocycles. The predicted molar refractivity (Wildman–Crippen MR) is 106 cm³/mol. The minimum Gasteiger partial charge on any atom is -0.349 e. The Morgan fingerprint density at radius 2 is 1.65 bits per heavy atom. The number of carbonyl (C=O) groups is 1. The molecule has 0 heterocycles. The maximum Gasteiger partial charge on any atom is 0.261 e. The number of amides is 1. The molecule has 26 heavy (non-hydrogen) atoms. The van der Waals surface area contributed by atoms with E-state index in [1.165, 1.54) is 42.5 Å². The summed E-state index contributed by atoms with van der Waals surface area (Å²) in [4.78, 5) is 12.5. The van der Waals surface area contributed by atoms with Crippen LogP contribution >= 0.6 is 23.2 Å². The van der Waals surface area contributed by atoms with E-state index in [4.69, 9.17) is 23.2 Å². The number of hydrogen-bond acceptors (Lipinski definition) is 3. The van der Waals surface area contributed by atoms with E-state index < -0.39 is 10.0 Å². The molecular weight excluding hydrogens is 395 g/mol. The monoisotopic (exact) mass is 414 g/mol. The maximum atomic E-state index is 12.5. The zero-order valence-electron chi connectivity index (χ0n) is 14.4. The molecule has 0 atom stereocenters. The third-order valence-electron chi connectivity index (χ3n) is 3.91. The van der Waals surface area contributed by atoms with Crippen LogP contribution in [0.4, 0.5) is 5.69 Å². The van der Waals surface area contributed by atoms with Gasteiger partial charge in [0.1, 0.15) is 0 Å². The average Bonchev–Trinajstić information content (AvgIpc) is 2.61. The number of anilines is 1. The largest absolute Gasteiger partial charge is 0.349 e. The molecular formula is C18H20Cl2N2O3S. The molecule has 2 aromatic rings. The van der Waals surface area contributed by atoms with Crippen LogP contribution in [0.25, 0.3) is 0 Å². The first kappa shape index (κ1) is 20.6. The lowest BCUT2D eigenvalue weighted by atomic mass is 10.1. The van der Waals surface area contributed by atoms with E-state index in [0.29, 0.717) is 5.02 Å². The highest BCUT2D eigenvalue weighted by atomic mass is 35.5. The molecule has 0 bridgehead atoms. The summed E-state index contributed by atoms with van der Waals surface area (Å²) < 4.78 is 27.4. The van der Waals surface area contributed by atoms with E-state index in [9.17, 15) is 13.2 Å². The molecule has 0 unspecified atom stereocenters. The van der Waals surface area contributed by atoms with Gasteiger partial charge in [-0.15, -0.1) is 0 Å². The number of rotatable bonds is 7. The molecule has 5 nitrogen and oxygen atoms in total. The fourth-order valence-corrected chi connectivity index (χ4v) is 3.73. The Balaban J connectivity index is 2.26. The van der Waals surface area contributed by atoms with Gasteiger partial charge in [-0.2, -0.15) is 0 Å². The van der Waals surface area contributed by atoms with E-state index >= 15 is 0 Å². The maximum absolute atomic E-state index is 12.5. The summed E-state index contributed by atoms with van der Waals surface area (Å²) in [7, 11) is -3.80. The summed E-state index contributed by atoms with van der Waals surface area (Å²) in [6, 6.07) is 10.2. The fraction of sp³-hybridized carbons (Fsp3) is 0.278. The molecule has 1 amide bonds. The SMILES string of the molecule is CCC(CC)NC(=O)c1cc(NS(=O)(=O)c2ccc(Cl)cc2)ccc1Cl. The third-order valence-corrected chi connectivity index (χ3v) is 5.89. The van der Waals surface area contributed by atoms with Gasteiger partial charge in [-0.1, -0.05) is 37.0 Å². The van der Waals surface area contributed by atoms with E-state index in [1.807, 2.05) is 13.8 Å². The van der Waals surface area contributed by atoms with Crippen LogP contribution < -0.4 is 10.0 Å². The number of carbonyl (C=O) groups excluding carboxylic acids is 1. The highest BCUT2D eigenvalue weighted by Gasteiger charge is 2.18. The summed E-state index contributed by atoms with van der Waals surface area (Å²) in [5.41, 5.74) is 0.467. The van der Waals surface area contributed by atoms with Gasteiger partial charge in [0.15, 0.2) is 0 Å². The van der Waals surface area contributed by atoms with Crippen molar-refractivity contribution in [3.8, 4) is 0 Å². The zero-order chi connectivity index (χ0) is 19.3. The molecule has 140 valence electrons. The summed E-state index contributed by atoms with van der Waals surface area (Å²) in [6.45, 7) is 3.96. The van der Waals surface area contributed by atoms with Crippen molar-refractivity contribution in [3.63, 3.8) is 0 Å². The minimum absolute atomic E-state index is 0.0352. The lowest BCUT2D eigenvalue weighted by Gasteiger charge is -2.16.